The lowest BCUT2D eigenvalue weighted by atomic mass is 10.1. The molecule has 0 aromatic heterocycles. The van der Waals surface area contributed by atoms with Crippen molar-refractivity contribution in [3.63, 3.8) is 0 Å². The Morgan fingerprint density at radius 3 is 2.47 bits per heavy atom. The van der Waals surface area contributed by atoms with Crippen LogP contribution in [0, 0.1) is 0 Å². The third kappa shape index (κ3) is 3.58. The molecule has 1 aromatic rings. The van der Waals surface area contributed by atoms with Gasteiger partial charge < -0.3 is 0 Å². The Morgan fingerprint density at radius 1 is 1.33 bits per heavy atom. The fourth-order valence-electron chi connectivity index (χ4n) is 1.15. The number of carbonyl (C=O) groups is 1. The molecule has 1 rings (SSSR count). The molecule has 0 atom stereocenters. The molecule has 0 fully saturated rings. The van der Waals surface area contributed by atoms with E-state index in [1.165, 1.54) is 17.8 Å². The fourth-order valence-corrected chi connectivity index (χ4v) is 1.77. The van der Waals surface area contributed by atoms with E-state index in [2.05, 4.69) is 0 Å². The molecule has 0 bridgehead atoms. The van der Waals surface area contributed by atoms with Gasteiger partial charge in [0.15, 0.2) is 5.78 Å². The number of rotatable bonds is 3. The Kier molecular flexibility index (Phi) is 3.79. The van der Waals surface area contributed by atoms with Gasteiger partial charge in [-0.05, 0) is 12.3 Å². The predicted molar refractivity (Wildman–Crippen MR) is 53.2 cm³/mol. The third-order valence-corrected chi connectivity index (χ3v) is 2.56. The lowest BCUT2D eigenvalue weighted by molar-refractivity contribution is -0.125. The Morgan fingerprint density at radius 2 is 1.93 bits per heavy atom. The van der Waals surface area contributed by atoms with E-state index in [1.54, 1.807) is 24.5 Å². The first-order chi connectivity index (χ1) is 6.94. The first-order valence-corrected chi connectivity index (χ1v) is 5.39. The monoisotopic (exact) mass is 234 g/mol. The van der Waals surface area contributed by atoms with Crippen molar-refractivity contribution in [3.05, 3.63) is 29.8 Å². The predicted octanol–water partition coefficient (Wildman–Crippen LogP) is 3.54. The molecule has 0 saturated carbocycles. The van der Waals surface area contributed by atoms with Crippen LogP contribution in [0.15, 0.2) is 29.2 Å². The molecule has 1 aromatic carbocycles. The summed E-state index contributed by atoms with van der Waals surface area (Å²) in [7, 11) is 0. The Labute approximate surface area is 89.7 Å². The maximum absolute atomic E-state index is 12.0. The number of hydrogen-bond donors (Lipinski definition) is 0. The smallest absolute Gasteiger partial charge is 0.294 e. The van der Waals surface area contributed by atoms with Crippen molar-refractivity contribution < 1.29 is 18.0 Å². The van der Waals surface area contributed by atoms with Crippen LogP contribution in [0.4, 0.5) is 13.2 Å². The summed E-state index contributed by atoms with van der Waals surface area (Å²) in [6.07, 6.45) is -4.12. The van der Waals surface area contributed by atoms with Crippen LogP contribution in [0.1, 0.15) is 16.8 Å². The van der Waals surface area contributed by atoms with Gasteiger partial charge in [0.25, 0.3) is 0 Å². The summed E-state index contributed by atoms with van der Waals surface area (Å²) >= 11 is 1.26. The van der Waals surface area contributed by atoms with Crippen LogP contribution in [0.5, 0.6) is 0 Å². The number of carbonyl (C=O) groups excluding carboxylic acids is 1. The largest absolute Gasteiger partial charge is 0.396 e. The van der Waals surface area contributed by atoms with Gasteiger partial charge in [-0.2, -0.15) is 13.2 Å². The van der Waals surface area contributed by atoms with Crippen molar-refractivity contribution in [1.29, 1.82) is 0 Å². The highest BCUT2D eigenvalue weighted by molar-refractivity contribution is 7.98. The second-order valence-corrected chi connectivity index (χ2v) is 3.76. The van der Waals surface area contributed by atoms with Gasteiger partial charge in [0.2, 0.25) is 0 Å². The zero-order chi connectivity index (χ0) is 11.5. The molecule has 0 radical (unpaired) electrons. The topological polar surface area (TPSA) is 17.1 Å². The van der Waals surface area contributed by atoms with Crippen molar-refractivity contribution >= 4 is 17.5 Å². The second kappa shape index (κ2) is 4.70. The number of thioether (sulfide) groups is 1. The number of alkyl halides is 3. The van der Waals surface area contributed by atoms with Crippen LogP contribution in [0.25, 0.3) is 0 Å². The molecule has 15 heavy (non-hydrogen) atoms. The van der Waals surface area contributed by atoms with E-state index >= 15 is 0 Å². The van der Waals surface area contributed by atoms with Crippen LogP contribution >= 0.6 is 11.8 Å². The lowest BCUT2D eigenvalue weighted by Crippen LogP contribution is -2.15. The number of benzene rings is 1. The third-order valence-electron chi connectivity index (χ3n) is 1.77. The molecule has 0 heterocycles. The highest BCUT2D eigenvalue weighted by Gasteiger charge is 2.32. The fraction of sp³-hybridized carbons (Fsp3) is 0.300. The first-order valence-electron chi connectivity index (χ1n) is 4.17. The van der Waals surface area contributed by atoms with Crippen molar-refractivity contribution in [1.82, 2.24) is 0 Å². The minimum atomic E-state index is -4.44. The van der Waals surface area contributed by atoms with E-state index in [-0.39, 0.29) is 5.56 Å². The van der Waals surface area contributed by atoms with E-state index in [0.29, 0.717) is 4.90 Å². The molecular weight excluding hydrogens is 225 g/mol. The van der Waals surface area contributed by atoms with Crippen molar-refractivity contribution in [3.8, 4) is 0 Å². The van der Waals surface area contributed by atoms with Gasteiger partial charge in [-0.1, -0.05) is 18.2 Å². The maximum atomic E-state index is 12.0. The standard InChI is InChI=1S/C10H9F3OS/c1-15-9-5-3-2-4-7(9)8(14)6-10(11,12)13/h2-5H,6H2,1H3. The Balaban J connectivity index is 2.91. The van der Waals surface area contributed by atoms with Gasteiger partial charge in [-0.25, -0.2) is 0 Å². The molecule has 0 spiro atoms. The average Bonchev–Trinajstić information content (AvgIpc) is 2.15. The van der Waals surface area contributed by atoms with Gasteiger partial charge in [-0.3, -0.25) is 4.79 Å². The number of ketones is 1. The van der Waals surface area contributed by atoms with E-state index in [9.17, 15) is 18.0 Å². The van der Waals surface area contributed by atoms with Crippen LogP contribution in [0.2, 0.25) is 0 Å². The summed E-state index contributed by atoms with van der Waals surface area (Å²) < 4.78 is 36.0. The summed E-state index contributed by atoms with van der Waals surface area (Å²) in [5, 5.41) is 0. The zero-order valence-corrected chi connectivity index (χ0v) is 8.78. The Hall–Kier alpha value is -0.970. The zero-order valence-electron chi connectivity index (χ0n) is 7.97. The summed E-state index contributed by atoms with van der Waals surface area (Å²) in [5.41, 5.74) is 0.141. The normalized spacial score (nSPS) is 11.5. The SMILES string of the molecule is CSc1ccccc1C(=O)CC(F)(F)F. The summed E-state index contributed by atoms with van der Waals surface area (Å²) in [4.78, 5) is 11.9. The lowest BCUT2D eigenvalue weighted by Gasteiger charge is -2.08. The molecule has 82 valence electrons. The van der Waals surface area contributed by atoms with Gasteiger partial charge in [0.1, 0.15) is 6.42 Å². The minimum Gasteiger partial charge on any atom is -0.294 e. The van der Waals surface area contributed by atoms with Gasteiger partial charge in [0, 0.05) is 10.5 Å². The molecule has 0 aliphatic heterocycles. The van der Waals surface area contributed by atoms with Crippen molar-refractivity contribution in [2.24, 2.45) is 0 Å². The van der Waals surface area contributed by atoms with Gasteiger partial charge in [0.05, 0.1) is 0 Å². The highest BCUT2D eigenvalue weighted by Crippen LogP contribution is 2.26. The van der Waals surface area contributed by atoms with Gasteiger partial charge >= 0.3 is 6.18 Å². The molecule has 0 aliphatic carbocycles. The minimum absolute atomic E-state index is 0.141. The van der Waals surface area contributed by atoms with Crippen LogP contribution in [-0.2, 0) is 0 Å². The van der Waals surface area contributed by atoms with E-state index < -0.39 is 18.4 Å². The van der Waals surface area contributed by atoms with Crippen LogP contribution < -0.4 is 0 Å². The van der Waals surface area contributed by atoms with E-state index in [0.717, 1.165) is 0 Å². The summed E-state index contributed by atoms with van der Waals surface area (Å²) in [6.45, 7) is 0. The Bertz CT molecular complexity index is 360. The molecule has 0 saturated heterocycles. The molecule has 5 heteroatoms. The molecule has 0 amide bonds. The molecule has 0 N–H and O–H groups in total. The number of Topliss-reactive ketones (excluding diaryl/α,β-unsaturated/α-hetero) is 1. The number of hydrogen-bond acceptors (Lipinski definition) is 2. The van der Waals surface area contributed by atoms with Crippen molar-refractivity contribution in [2.45, 2.75) is 17.5 Å². The molecular formula is C10H9F3OS. The average molecular weight is 234 g/mol. The van der Waals surface area contributed by atoms with E-state index in [1.807, 2.05) is 0 Å². The maximum Gasteiger partial charge on any atom is 0.396 e. The first kappa shape index (κ1) is 12.1. The molecule has 1 nitrogen and oxygen atoms in total. The summed E-state index contributed by atoms with van der Waals surface area (Å²) in [6, 6.07) is 6.30. The molecule has 0 aliphatic rings. The van der Waals surface area contributed by atoms with Crippen LogP contribution in [0.3, 0.4) is 0 Å². The second-order valence-electron chi connectivity index (χ2n) is 2.92. The van der Waals surface area contributed by atoms with Crippen LogP contribution in [-0.4, -0.2) is 18.2 Å². The van der Waals surface area contributed by atoms with Crippen molar-refractivity contribution in [2.75, 3.05) is 6.26 Å². The summed E-state index contributed by atoms with van der Waals surface area (Å²) in [5.74, 6) is -0.882. The quantitative estimate of drug-likeness (QED) is 0.587. The van der Waals surface area contributed by atoms with Gasteiger partial charge in [-0.15, -0.1) is 11.8 Å². The highest BCUT2D eigenvalue weighted by atomic mass is 32.2. The number of halogens is 3. The molecule has 0 unspecified atom stereocenters. The van der Waals surface area contributed by atoms with E-state index in [4.69, 9.17) is 0 Å².